The van der Waals surface area contributed by atoms with Crippen LogP contribution < -0.4 is 10.6 Å². The van der Waals surface area contributed by atoms with E-state index in [4.69, 9.17) is 15.2 Å². The number of anilines is 2. The van der Waals surface area contributed by atoms with Crippen LogP contribution in [0.2, 0.25) is 0 Å². The quantitative estimate of drug-likeness (QED) is 0.319. The lowest BCUT2D eigenvalue weighted by atomic mass is 9.96. The van der Waals surface area contributed by atoms with Crippen LogP contribution >= 0.6 is 11.3 Å². The molecule has 6 rings (SSSR count). The summed E-state index contributed by atoms with van der Waals surface area (Å²) in [6.45, 7) is 3.73. The van der Waals surface area contributed by atoms with Crippen molar-refractivity contribution < 1.29 is 18.1 Å². The smallest absolute Gasteiger partial charge is 0.227 e. The number of nitrogens with zero attached hydrogens (tertiary/aromatic N) is 5. The third-order valence-electron chi connectivity index (χ3n) is 6.65. The van der Waals surface area contributed by atoms with Crippen LogP contribution in [0.3, 0.4) is 0 Å². The van der Waals surface area contributed by atoms with E-state index in [1.165, 1.54) is 22.3 Å². The van der Waals surface area contributed by atoms with Crippen molar-refractivity contribution in [2.24, 2.45) is 0 Å². The van der Waals surface area contributed by atoms with Gasteiger partial charge in [-0.05, 0) is 56.5 Å². The first-order valence-electron chi connectivity index (χ1n) is 11.8. The van der Waals surface area contributed by atoms with E-state index in [-0.39, 0.29) is 11.6 Å². The summed E-state index contributed by atoms with van der Waals surface area (Å²) in [5.41, 5.74) is 10.8. The number of aryl methyl sites for hydroxylation is 2. The molecule has 188 valence electrons. The highest BCUT2D eigenvalue weighted by Crippen LogP contribution is 2.42. The number of rotatable bonds is 4. The maximum absolute atomic E-state index is 14.2. The lowest BCUT2D eigenvalue weighted by molar-refractivity contribution is -0.120. The van der Waals surface area contributed by atoms with Gasteiger partial charge < -0.3 is 15.2 Å². The molecule has 37 heavy (non-hydrogen) atoms. The minimum atomic E-state index is -1.01. The molecule has 2 N–H and O–H groups in total. The van der Waals surface area contributed by atoms with Crippen molar-refractivity contribution in [1.29, 1.82) is 0 Å². The number of imidazole rings is 1. The number of fused-ring (bicyclic) bond motifs is 1. The molecule has 0 saturated carbocycles. The fourth-order valence-corrected chi connectivity index (χ4v) is 5.80. The predicted molar refractivity (Wildman–Crippen MR) is 136 cm³/mol. The molecular formula is C26H22F2N6O2S. The zero-order chi connectivity index (χ0) is 25.8. The number of piperidine rings is 1. The highest BCUT2D eigenvalue weighted by atomic mass is 32.1. The SMILES string of the molecule is Cc1noc(C)c1-c1ccn2c(-c3nc(N)cs3)c(C3CCCC(=O)N3c3ccc(F)c(F)c3)nc2c1. The van der Waals surface area contributed by atoms with Crippen molar-refractivity contribution in [3.05, 3.63) is 70.7 Å². The van der Waals surface area contributed by atoms with Gasteiger partial charge >= 0.3 is 0 Å². The molecule has 8 nitrogen and oxygen atoms in total. The van der Waals surface area contributed by atoms with Gasteiger partial charge in [-0.25, -0.2) is 18.7 Å². The number of nitrogen functional groups attached to an aromatic ring is 1. The minimum absolute atomic E-state index is 0.180. The van der Waals surface area contributed by atoms with Crippen molar-refractivity contribution in [3.8, 4) is 21.8 Å². The summed E-state index contributed by atoms with van der Waals surface area (Å²) < 4.78 is 35.1. The van der Waals surface area contributed by atoms with Gasteiger partial charge in [-0.2, -0.15) is 0 Å². The number of amides is 1. The zero-order valence-electron chi connectivity index (χ0n) is 20.0. The summed E-state index contributed by atoms with van der Waals surface area (Å²) in [4.78, 5) is 24.1. The number of carbonyl (C=O) groups excluding carboxylic acids is 1. The topological polar surface area (TPSA) is 103 Å². The molecule has 1 aliphatic heterocycles. The monoisotopic (exact) mass is 520 g/mol. The second-order valence-corrected chi connectivity index (χ2v) is 9.89. The van der Waals surface area contributed by atoms with Crippen LogP contribution in [0, 0.1) is 25.5 Å². The first-order valence-corrected chi connectivity index (χ1v) is 12.6. The Labute approximate surface area is 214 Å². The molecule has 0 spiro atoms. The number of nitrogens with two attached hydrogens (primary N) is 1. The molecule has 0 radical (unpaired) electrons. The Morgan fingerprint density at radius 2 is 1.97 bits per heavy atom. The average molecular weight is 521 g/mol. The van der Waals surface area contributed by atoms with E-state index in [1.807, 2.05) is 36.6 Å². The maximum atomic E-state index is 14.2. The molecule has 11 heteroatoms. The van der Waals surface area contributed by atoms with Crippen LogP contribution in [-0.4, -0.2) is 25.4 Å². The summed E-state index contributed by atoms with van der Waals surface area (Å²) in [6.07, 6.45) is 3.44. The summed E-state index contributed by atoms with van der Waals surface area (Å²) >= 11 is 1.37. The zero-order valence-corrected chi connectivity index (χ0v) is 20.9. The summed E-state index contributed by atoms with van der Waals surface area (Å²) in [5, 5.41) is 6.45. The van der Waals surface area contributed by atoms with Gasteiger partial charge in [0.05, 0.1) is 17.4 Å². The number of halogens is 2. The van der Waals surface area contributed by atoms with Gasteiger partial charge in [0.2, 0.25) is 5.91 Å². The van der Waals surface area contributed by atoms with Gasteiger partial charge in [-0.15, -0.1) is 11.3 Å². The Balaban J connectivity index is 1.56. The summed E-state index contributed by atoms with van der Waals surface area (Å²) in [6, 6.07) is 6.88. The second-order valence-electron chi connectivity index (χ2n) is 9.04. The molecule has 1 fully saturated rings. The third-order valence-corrected chi connectivity index (χ3v) is 7.51. The molecule has 5 aromatic rings. The fraction of sp³-hybridized carbons (Fsp3) is 0.231. The van der Waals surface area contributed by atoms with Crippen molar-refractivity contribution in [1.82, 2.24) is 19.5 Å². The predicted octanol–water partition coefficient (Wildman–Crippen LogP) is 5.85. The first-order chi connectivity index (χ1) is 17.8. The molecule has 0 bridgehead atoms. The minimum Gasteiger partial charge on any atom is -0.383 e. The highest BCUT2D eigenvalue weighted by Gasteiger charge is 2.35. The molecule has 1 unspecified atom stereocenters. The van der Waals surface area contributed by atoms with Crippen molar-refractivity contribution in [3.63, 3.8) is 0 Å². The van der Waals surface area contributed by atoms with Gasteiger partial charge in [-0.1, -0.05) is 5.16 Å². The lowest BCUT2D eigenvalue weighted by Gasteiger charge is -2.35. The molecular weight excluding hydrogens is 498 g/mol. The molecule has 1 aliphatic rings. The van der Waals surface area contributed by atoms with Crippen LogP contribution in [0.5, 0.6) is 0 Å². The van der Waals surface area contributed by atoms with Gasteiger partial charge in [-0.3, -0.25) is 9.20 Å². The van der Waals surface area contributed by atoms with Gasteiger partial charge in [0.1, 0.15) is 27.9 Å². The van der Waals surface area contributed by atoms with Gasteiger partial charge in [0.25, 0.3) is 0 Å². The highest BCUT2D eigenvalue weighted by molar-refractivity contribution is 7.13. The van der Waals surface area contributed by atoms with E-state index in [2.05, 4.69) is 10.1 Å². The van der Waals surface area contributed by atoms with Crippen LogP contribution in [0.15, 0.2) is 46.4 Å². The number of pyridine rings is 1. The Bertz CT molecular complexity index is 1650. The Kier molecular flexibility index (Phi) is 5.52. The Hall–Kier alpha value is -4.12. The van der Waals surface area contributed by atoms with Gasteiger partial charge in [0.15, 0.2) is 11.6 Å². The summed E-state index contributed by atoms with van der Waals surface area (Å²) in [7, 11) is 0. The van der Waals surface area contributed by atoms with Crippen LogP contribution in [0.25, 0.3) is 27.5 Å². The largest absolute Gasteiger partial charge is 0.383 e. The van der Waals surface area contributed by atoms with Gasteiger partial charge in [0, 0.05) is 35.3 Å². The third kappa shape index (κ3) is 3.86. The van der Waals surface area contributed by atoms with E-state index in [1.54, 1.807) is 5.38 Å². The molecule has 1 amide bonds. The molecule has 4 aromatic heterocycles. The van der Waals surface area contributed by atoms with E-state index in [0.29, 0.717) is 52.9 Å². The van der Waals surface area contributed by atoms with Crippen molar-refractivity contribution >= 4 is 34.4 Å². The lowest BCUT2D eigenvalue weighted by Crippen LogP contribution is -2.38. The first kappa shape index (κ1) is 23.3. The number of thiazole rings is 1. The van der Waals surface area contributed by atoms with Crippen molar-refractivity contribution in [2.75, 3.05) is 10.6 Å². The molecule has 1 saturated heterocycles. The number of carbonyl (C=O) groups is 1. The molecule has 5 heterocycles. The van der Waals surface area contributed by atoms with E-state index < -0.39 is 17.7 Å². The number of aromatic nitrogens is 4. The fourth-order valence-electron chi connectivity index (χ4n) is 5.04. The normalized spacial score (nSPS) is 16.2. The number of benzene rings is 1. The Morgan fingerprint density at radius 3 is 2.68 bits per heavy atom. The molecule has 0 aliphatic carbocycles. The van der Waals surface area contributed by atoms with Crippen LogP contribution in [0.4, 0.5) is 20.3 Å². The van der Waals surface area contributed by atoms with Crippen molar-refractivity contribution in [2.45, 2.75) is 39.2 Å². The summed E-state index contributed by atoms with van der Waals surface area (Å²) in [5.74, 6) is -1.08. The molecule has 1 atom stereocenters. The number of hydrogen-bond acceptors (Lipinski definition) is 7. The Morgan fingerprint density at radius 1 is 1.14 bits per heavy atom. The van der Waals surface area contributed by atoms with E-state index in [9.17, 15) is 13.6 Å². The van der Waals surface area contributed by atoms with Crippen LogP contribution in [0.1, 0.15) is 42.5 Å². The molecule has 1 aromatic carbocycles. The maximum Gasteiger partial charge on any atom is 0.227 e. The van der Waals surface area contributed by atoms with Crippen LogP contribution in [-0.2, 0) is 4.79 Å². The van der Waals surface area contributed by atoms with E-state index in [0.717, 1.165) is 29.0 Å². The standard InChI is InChI=1S/C26H22F2N6O2S/c1-13-23(14(2)36-32-13)15-8-9-33-21(10-15)31-24(25(33)26-30-20(29)12-37-26)19-4-3-5-22(35)34(19)16-6-7-17(27)18(28)11-16/h6-12,19H,3-5,29H2,1-2H3. The average Bonchev–Trinajstić information content (AvgIpc) is 3.56. The second kappa shape index (κ2) is 8.77. The van der Waals surface area contributed by atoms with E-state index >= 15 is 0 Å². The number of hydrogen-bond donors (Lipinski definition) is 1.